The molecule has 6 heteroatoms. The van der Waals surface area contributed by atoms with Gasteiger partial charge in [-0.15, -0.1) is 0 Å². The summed E-state index contributed by atoms with van der Waals surface area (Å²) >= 11 is -2.25. The van der Waals surface area contributed by atoms with Crippen molar-refractivity contribution in [3.8, 4) is 0 Å². The third kappa shape index (κ3) is 4.35. The van der Waals surface area contributed by atoms with Crippen LogP contribution in [0.5, 0.6) is 0 Å². The van der Waals surface area contributed by atoms with Gasteiger partial charge in [-0.2, -0.15) is 0 Å². The number of hydrogen-bond donors (Lipinski definition) is 2. The van der Waals surface area contributed by atoms with E-state index in [0.29, 0.717) is 6.42 Å². The molecule has 0 saturated heterocycles. The van der Waals surface area contributed by atoms with Gasteiger partial charge >= 0.3 is 0 Å². The second kappa shape index (κ2) is 8.33. The maximum absolute atomic E-state index is 11.3. The van der Waals surface area contributed by atoms with E-state index in [2.05, 4.69) is 35.2 Å². The Morgan fingerprint density at radius 3 is 2.48 bits per heavy atom. The number of para-hydroxylation sites is 1. The maximum atomic E-state index is 11.3. The van der Waals surface area contributed by atoms with Crippen molar-refractivity contribution in [1.29, 1.82) is 0 Å². The van der Waals surface area contributed by atoms with Crippen LogP contribution < -0.4 is 10.6 Å². The normalized spacial score (nSPS) is 13.3. The van der Waals surface area contributed by atoms with Crippen molar-refractivity contribution in [1.82, 2.24) is 0 Å². The monoisotopic (exact) mass is 382 g/mol. The number of primary amides is 1. The zero-order valence-corrected chi connectivity index (χ0v) is 15.9. The molecule has 0 aliphatic rings. The SMILES string of the molecule is CN(c1ccccc1)c1ccc2c(CCC(C(N)=O)S(=O)O)cccc2c1. The van der Waals surface area contributed by atoms with Crippen molar-refractivity contribution in [3.63, 3.8) is 0 Å². The molecule has 2 atom stereocenters. The summed E-state index contributed by atoms with van der Waals surface area (Å²) in [6.07, 6.45) is 0.744. The topological polar surface area (TPSA) is 83.6 Å². The maximum Gasteiger partial charge on any atom is 0.235 e. The van der Waals surface area contributed by atoms with E-state index in [0.717, 1.165) is 27.7 Å². The summed E-state index contributed by atoms with van der Waals surface area (Å²) in [6.45, 7) is 0. The molecule has 0 aliphatic heterocycles. The zero-order chi connectivity index (χ0) is 19.4. The van der Waals surface area contributed by atoms with Crippen LogP contribution in [0.25, 0.3) is 10.8 Å². The molecule has 0 aromatic heterocycles. The van der Waals surface area contributed by atoms with E-state index in [-0.39, 0.29) is 6.42 Å². The van der Waals surface area contributed by atoms with Crippen molar-refractivity contribution >= 4 is 39.1 Å². The van der Waals surface area contributed by atoms with Gasteiger partial charge in [-0.05, 0) is 53.4 Å². The number of nitrogens with two attached hydrogens (primary N) is 1. The van der Waals surface area contributed by atoms with Crippen molar-refractivity contribution < 1.29 is 13.6 Å². The predicted octanol–water partition coefficient (Wildman–Crippen LogP) is 3.62. The van der Waals surface area contributed by atoms with Crippen LogP contribution in [0.1, 0.15) is 12.0 Å². The number of nitrogens with zero attached hydrogens (tertiary/aromatic N) is 1. The van der Waals surface area contributed by atoms with Crippen molar-refractivity contribution in [2.45, 2.75) is 18.1 Å². The summed E-state index contributed by atoms with van der Waals surface area (Å²) < 4.78 is 20.5. The van der Waals surface area contributed by atoms with Crippen LogP contribution in [0.15, 0.2) is 66.7 Å². The molecule has 0 fully saturated rings. The van der Waals surface area contributed by atoms with Crippen LogP contribution >= 0.6 is 0 Å². The standard InChI is InChI=1S/C21H22N2O3S/c1-23(17-8-3-2-4-9-17)18-11-12-19-15(6-5-7-16(19)14-18)10-13-20(21(22)24)27(25)26/h2-9,11-12,14,20H,10,13H2,1H3,(H2,22,24)(H,25,26). The number of amides is 1. The highest BCUT2D eigenvalue weighted by Gasteiger charge is 2.21. The molecule has 1 amide bonds. The molecule has 3 N–H and O–H groups in total. The van der Waals surface area contributed by atoms with Gasteiger partial charge < -0.3 is 15.2 Å². The number of anilines is 2. The van der Waals surface area contributed by atoms with Gasteiger partial charge in [0.05, 0.1) is 0 Å². The summed E-state index contributed by atoms with van der Waals surface area (Å²) in [6, 6.07) is 22.3. The third-order valence-electron chi connectivity index (χ3n) is 4.72. The Bertz CT molecular complexity index is 962. The Kier molecular flexibility index (Phi) is 5.88. The lowest BCUT2D eigenvalue weighted by Gasteiger charge is -2.20. The minimum Gasteiger partial charge on any atom is -0.369 e. The smallest absolute Gasteiger partial charge is 0.235 e. The Morgan fingerprint density at radius 1 is 1.07 bits per heavy atom. The lowest BCUT2D eigenvalue weighted by molar-refractivity contribution is -0.117. The Morgan fingerprint density at radius 2 is 1.81 bits per heavy atom. The average molecular weight is 382 g/mol. The van der Waals surface area contributed by atoms with E-state index in [4.69, 9.17) is 5.73 Å². The molecular weight excluding hydrogens is 360 g/mol. The summed E-state index contributed by atoms with van der Waals surface area (Å²) in [5.41, 5.74) is 8.42. The van der Waals surface area contributed by atoms with Crippen molar-refractivity contribution in [3.05, 3.63) is 72.3 Å². The van der Waals surface area contributed by atoms with Gasteiger partial charge in [0.15, 0.2) is 11.1 Å². The van der Waals surface area contributed by atoms with Gasteiger partial charge in [0.2, 0.25) is 5.91 Å². The van der Waals surface area contributed by atoms with E-state index < -0.39 is 22.2 Å². The van der Waals surface area contributed by atoms with Gasteiger partial charge in [-0.3, -0.25) is 4.79 Å². The number of carbonyl (C=O) groups excluding carboxylic acids is 1. The lowest BCUT2D eigenvalue weighted by atomic mass is 9.99. The van der Waals surface area contributed by atoms with Crippen molar-refractivity contribution in [2.75, 3.05) is 11.9 Å². The highest BCUT2D eigenvalue weighted by atomic mass is 32.2. The minimum atomic E-state index is -2.25. The Hall–Kier alpha value is -2.70. The summed E-state index contributed by atoms with van der Waals surface area (Å²) in [5, 5.41) is 1.09. The van der Waals surface area contributed by atoms with Gasteiger partial charge in [0.1, 0.15) is 5.25 Å². The molecular formula is C21H22N2O3S. The Labute approximate surface area is 161 Å². The first-order valence-electron chi connectivity index (χ1n) is 8.67. The van der Waals surface area contributed by atoms with E-state index in [1.807, 2.05) is 43.4 Å². The Balaban J connectivity index is 1.87. The zero-order valence-electron chi connectivity index (χ0n) is 15.0. The average Bonchev–Trinajstić information content (AvgIpc) is 2.67. The van der Waals surface area contributed by atoms with Gasteiger partial charge in [-0.25, -0.2) is 4.21 Å². The molecule has 3 aromatic rings. The van der Waals surface area contributed by atoms with Gasteiger partial charge in [0, 0.05) is 18.4 Å². The molecule has 140 valence electrons. The quantitative estimate of drug-likeness (QED) is 0.612. The second-order valence-electron chi connectivity index (χ2n) is 6.42. The molecule has 0 bridgehead atoms. The van der Waals surface area contributed by atoms with Gasteiger partial charge in [0.25, 0.3) is 0 Å². The van der Waals surface area contributed by atoms with Crippen LogP contribution in [-0.2, 0) is 22.3 Å². The lowest BCUT2D eigenvalue weighted by Crippen LogP contribution is -2.32. The van der Waals surface area contributed by atoms with Gasteiger partial charge in [-0.1, -0.05) is 42.5 Å². The van der Waals surface area contributed by atoms with Crippen LogP contribution in [0.2, 0.25) is 0 Å². The van der Waals surface area contributed by atoms with Crippen LogP contribution in [0.3, 0.4) is 0 Å². The highest BCUT2D eigenvalue weighted by molar-refractivity contribution is 7.80. The summed E-state index contributed by atoms with van der Waals surface area (Å²) in [5.74, 6) is -0.747. The van der Waals surface area contributed by atoms with Crippen LogP contribution in [0.4, 0.5) is 11.4 Å². The molecule has 0 aliphatic carbocycles. The molecule has 0 heterocycles. The van der Waals surface area contributed by atoms with E-state index in [1.165, 1.54) is 0 Å². The number of rotatable bonds is 7. The third-order valence-corrected chi connectivity index (χ3v) is 5.68. The minimum absolute atomic E-state index is 0.239. The number of fused-ring (bicyclic) bond motifs is 1. The first kappa shape index (κ1) is 19.1. The fourth-order valence-electron chi connectivity index (χ4n) is 3.19. The van der Waals surface area contributed by atoms with E-state index >= 15 is 0 Å². The number of aryl methyl sites for hydroxylation is 1. The van der Waals surface area contributed by atoms with Crippen molar-refractivity contribution in [2.24, 2.45) is 5.73 Å². The predicted molar refractivity (Wildman–Crippen MR) is 111 cm³/mol. The molecule has 3 rings (SSSR count). The summed E-state index contributed by atoms with van der Waals surface area (Å²) in [7, 11) is 2.02. The summed E-state index contributed by atoms with van der Waals surface area (Å²) in [4.78, 5) is 13.5. The number of carbonyl (C=O) groups is 1. The molecule has 3 aromatic carbocycles. The molecule has 2 unspecified atom stereocenters. The van der Waals surface area contributed by atoms with Crippen LogP contribution in [0, 0.1) is 0 Å². The largest absolute Gasteiger partial charge is 0.369 e. The molecule has 27 heavy (non-hydrogen) atoms. The molecule has 0 spiro atoms. The molecule has 5 nitrogen and oxygen atoms in total. The number of benzene rings is 3. The molecule has 0 saturated carbocycles. The fourth-order valence-corrected chi connectivity index (χ4v) is 3.71. The fraction of sp³-hybridized carbons (Fsp3) is 0.190. The van der Waals surface area contributed by atoms with E-state index in [9.17, 15) is 13.6 Å². The first-order chi connectivity index (χ1) is 13.0. The molecule has 0 radical (unpaired) electrons. The number of hydrogen-bond acceptors (Lipinski definition) is 3. The first-order valence-corrected chi connectivity index (χ1v) is 9.84. The second-order valence-corrected chi connectivity index (χ2v) is 7.54. The van der Waals surface area contributed by atoms with E-state index in [1.54, 1.807) is 0 Å². The highest BCUT2D eigenvalue weighted by Crippen LogP contribution is 2.29. The van der Waals surface area contributed by atoms with Crippen LogP contribution in [-0.4, -0.2) is 27.0 Å².